The third-order valence-corrected chi connectivity index (χ3v) is 6.41. The highest BCUT2D eigenvalue weighted by atomic mass is 35.5. The summed E-state index contributed by atoms with van der Waals surface area (Å²) in [6.07, 6.45) is 2.86. The Morgan fingerprint density at radius 1 is 1.22 bits per heavy atom. The molecule has 0 bridgehead atoms. The number of carbonyl (C=O) groups is 1. The molecule has 8 heteroatoms. The minimum Gasteiger partial charge on any atom is -0.490 e. The third-order valence-electron chi connectivity index (χ3n) is 5.85. The summed E-state index contributed by atoms with van der Waals surface area (Å²) in [5.74, 6) is -0.315. The number of anilines is 2. The van der Waals surface area contributed by atoms with E-state index in [0.717, 1.165) is 32.4 Å². The van der Waals surface area contributed by atoms with Crippen molar-refractivity contribution in [3.63, 3.8) is 0 Å². The molecule has 32 heavy (non-hydrogen) atoms. The predicted octanol–water partition coefficient (Wildman–Crippen LogP) is 5.97. The zero-order valence-corrected chi connectivity index (χ0v) is 20.5. The first kappa shape index (κ1) is 24.6. The summed E-state index contributed by atoms with van der Waals surface area (Å²) in [7, 11) is 5.68. The first-order chi connectivity index (χ1) is 15.2. The second-order valence-corrected chi connectivity index (χ2v) is 9.14. The number of unbranched alkanes of at least 4 members (excludes halogenated alkanes) is 1. The molecule has 1 aliphatic heterocycles. The van der Waals surface area contributed by atoms with Gasteiger partial charge in [-0.25, -0.2) is 4.39 Å². The van der Waals surface area contributed by atoms with E-state index in [4.69, 9.17) is 27.9 Å². The molecule has 1 heterocycles. The first-order valence-electron chi connectivity index (χ1n) is 10.8. The van der Waals surface area contributed by atoms with Gasteiger partial charge in [-0.3, -0.25) is 4.79 Å². The van der Waals surface area contributed by atoms with Gasteiger partial charge in [0.05, 0.1) is 22.3 Å². The molecule has 1 aliphatic rings. The van der Waals surface area contributed by atoms with Gasteiger partial charge in [-0.15, -0.1) is 0 Å². The van der Waals surface area contributed by atoms with Crippen LogP contribution in [0.1, 0.15) is 38.0 Å². The van der Waals surface area contributed by atoms with Crippen LogP contribution in [0, 0.1) is 5.82 Å². The highest BCUT2D eigenvalue weighted by Gasteiger charge is 2.26. The van der Waals surface area contributed by atoms with E-state index in [1.165, 1.54) is 23.1 Å². The van der Waals surface area contributed by atoms with E-state index in [1.54, 1.807) is 19.2 Å². The number of ether oxygens (including phenoxy) is 1. The molecule has 1 saturated heterocycles. The molecule has 0 radical (unpaired) electrons. The molecular formula is C24H32Cl2FN3O2. The largest absolute Gasteiger partial charge is 0.490 e. The summed E-state index contributed by atoms with van der Waals surface area (Å²) in [4.78, 5) is 18.6. The fourth-order valence-electron chi connectivity index (χ4n) is 3.79. The maximum absolute atomic E-state index is 14.9. The average Bonchev–Trinajstić information content (AvgIpc) is 3.24. The van der Waals surface area contributed by atoms with Gasteiger partial charge in [0.2, 0.25) is 0 Å². The van der Waals surface area contributed by atoms with Gasteiger partial charge in [0.25, 0.3) is 5.91 Å². The number of hydrogen-bond acceptors (Lipinski definition) is 4. The van der Waals surface area contributed by atoms with Crippen LogP contribution in [0.15, 0.2) is 30.3 Å². The molecule has 2 aromatic carbocycles. The maximum Gasteiger partial charge on any atom is 0.258 e. The standard InChI is InChI=1S/C24H30Cl2FN3O2.H2/c1-5-6-11-32-23-19(25)12-16(13-20(23)26)24(31)29(4)17-7-8-22(21(27)14-17)30-10-9-18(15-30)28(2)3;/h7-8,12-14,18H,5-6,9-11,15H2,1-4H3;1H. The highest BCUT2D eigenvalue weighted by molar-refractivity contribution is 6.37. The summed E-state index contributed by atoms with van der Waals surface area (Å²) in [6.45, 7) is 4.14. The molecule has 1 atom stereocenters. The molecule has 3 rings (SSSR count). The van der Waals surface area contributed by atoms with Crippen LogP contribution in [0.5, 0.6) is 5.75 Å². The molecule has 1 amide bonds. The van der Waals surface area contributed by atoms with Gasteiger partial charge in [0.15, 0.2) is 5.75 Å². The van der Waals surface area contributed by atoms with Crippen molar-refractivity contribution in [2.45, 2.75) is 32.2 Å². The third kappa shape index (κ3) is 5.48. The van der Waals surface area contributed by atoms with E-state index in [2.05, 4.69) is 11.8 Å². The monoisotopic (exact) mass is 483 g/mol. The number of rotatable bonds is 8. The van der Waals surface area contributed by atoms with E-state index < -0.39 is 0 Å². The molecule has 0 aliphatic carbocycles. The second kappa shape index (κ2) is 10.7. The Morgan fingerprint density at radius 3 is 2.47 bits per heavy atom. The van der Waals surface area contributed by atoms with Crippen molar-refractivity contribution in [1.82, 2.24) is 4.90 Å². The Bertz CT molecular complexity index is 954. The van der Waals surface area contributed by atoms with E-state index in [9.17, 15) is 9.18 Å². The van der Waals surface area contributed by atoms with Crippen molar-refractivity contribution >= 4 is 40.5 Å². The minimum absolute atomic E-state index is 0. The van der Waals surface area contributed by atoms with Crippen molar-refractivity contribution in [1.29, 1.82) is 0 Å². The Hall–Kier alpha value is -2.02. The minimum atomic E-state index is -0.350. The van der Waals surface area contributed by atoms with Crippen molar-refractivity contribution in [2.75, 3.05) is 50.6 Å². The highest BCUT2D eigenvalue weighted by Crippen LogP contribution is 2.35. The maximum atomic E-state index is 14.9. The van der Waals surface area contributed by atoms with Crippen molar-refractivity contribution in [2.24, 2.45) is 0 Å². The van der Waals surface area contributed by atoms with Crippen LogP contribution < -0.4 is 14.5 Å². The van der Waals surface area contributed by atoms with Crippen molar-refractivity contribution in [3.8, 4) is 5.75 Å². The number of nitrogens with zero attached hydrogens (tertiary/aromatic N) is 3. The normalized spacial score (nSPS) is 16.0. The molecule has 0 spiro atoms. The van der Waals surface area contributed by atoms with Gasteiger partial charge in [-0.2, -0.15) is 0 Å². The lowest BCUT2D eigenvalue weighted by Gasteiger charge is -2.24. The second-order valence-electron chi connectivity index (χ2n) is 8.32. The van der Waals surface area contributed by atoms with Crippen LogP contribution in [0.4, 0.5) is 15.8 Å². The van der Waals surface area contributed by atoms with Gasteiger partial charge in [-0.1, -0.05) is 36.5 Å². The molecule has 1 unspecified atom stereocenters. The number of likely N-dealkylation sites (N-methyl/N-ethyl adjacent to an activating group) is 1. The fraction of sp³-hybridized carbons (Fsp3) is 0.458. The first-order valence-corrected chi connectivity index (χ1v) is 11.6. The predicted molar refractivity (Wildman–Crippen MR) is 132 cm³/mol. The Balaban J connectivity index is 0.00000385. The zero-order valence-electron chi connectivity index (χ0n) is 19.0. The van der Waals surface area contributed by atoms with E-state index in [0.29, 0.717) is 35.3 Å². The Morgan fingerprint density at radius 2 is 1.91 bits per heavy atom. The summed E-state index contributed by atoms with van der Waals surface area (Å²) in [5.41, 5.74) is 1.32. The van der Waals surface area contributed by atoms with Crippen LogP contribution in [0.25, 0.3) is 0 Å². The quantitative estimate of drug-likeness (QED) is 0.433. The topological polar surface area (TPSA) is 36.0 Å². The number of carbonyl (C=O) groups excluding carboxylic acids is 1. The zero-order chi connectivity index (χ0) is 23.4. The summed E-state index contributed by atoms with van der Waals surface area (Å²) in [6, 6.07) is 8.35. The summed E-state index contributed by atoms with van der Waals surface area (Å²) in [5, 5.41) is 0.549. The van der Waals surface area contributed by atoms with E-state index in [-0.39, 0.29) is 23.2 Å². The van der Waals surface area contributed by atoms with E-state index >= 15 is 0 Å². The van der Waals surface area contributed by atoms with Crippen LogP contribution in [-0.4, -0.2) is 57.7 Å². The summed E-state index contributed by atoms with van der Waals surface area (Å²) >= 11 is 12.6. The summed E-state index contributed by atoms with van der Waals surface area (Å²) < 4.78 is 20.6. The SMILES string of the molecule is CCCCOc1c(Cl)cc(C(=O)N(C)c2ccc(N3CCC(N(C)C)C3)c(F)c2)cc1Cl.[HH]. The molecule has 176 valence electrons. The van der Waals surface area contributed by atoms with Crippen LogP contribution in [-0.2, 0) is 0 Å². The van der Waals surface area contributed by atoms with Crippen molar-refractivity contribution < 1.29 is 15.3 Å². The van der Waals surface area contributed by atoms with Crippen LogP contribution in [0.2, 0.25) is 10.0 Å². The Labute approximate surface area is 201 Å². The number of amides is 1. The molecule has 0 saturated carbocycles. The Kier molecular flexibility index (Phi) is 8.26. The fourth-order valence-corrected chi connectivity index (χ4v) is 4.39. The average molecular weight is 484 g/mol. The molecular weight excluding hydrogens is 452 g/mol. The van der Waals surface area contributed by atoms with Gasteiger partial charge >= 0.3 is 0 Å². The van der Waals surface area contributed by atoms with Gasteiger partial charge in [-0.05, 0) is 57.3 Å². The van der Waals surface area contributed by atoms with E-state index in [1.807, 2.05) is 19.0 Å². The van der Waals surface area contributed by atoms with Crippen molar-refractivity contribution in [3.05, 3.63) is 51.8 Å². The molecule has 1 fully saturated rings. The molecule has 0 N–H and O–H groups in total. The van der Waals surface area contributed by atoms with Gasteiger partial charge in [0.1, 0.15) is 5.82 Å². The number of halogens is 3. The number of hydrogen-bond donors (Lipinski definition) is 0. The molecule has 0 aromatic heterocycles. The molecule has 2 aromatic rings. The number of benzene rings is 2. The van der Waals surface area contributed by atoms with Crippen LogP contribution in [0.3, 0.4) is 0 Å². The lowest BCUT2D eigenvalue weighted by atomic mass is 10.1. The lowest BCUT2D eigenvalue weighted by molar-refractivity contribution is 0.0993. The smallest absolute Gasteiger partial charge is 0.258 e. The molecule has 5 nitrogen and oxygen atoms in total. The lowest BCUT2D eigenvalue weighted by Crippen LogP contribution is -2.31. The van der Waals surface area contributed by atoms with Crippen LogP contribution >= 0.6 is 23.2 Å². The van der Waals surface area contributed by atoms with Gasteiger partial charge in [0, 0.05) is 38.9 Å². The van der Waals surface area contributed by atoms with Gasteiger partial charge < -0.3 is 19.4 Å².